The van der Waals surface area contributed by atoms with Gasteiger partial charge in [-0.2, -0.15) is 0 Å². The monoisotopic (exact) mass is 2060 g/mol. The van der Waals surface area contributed by atoms with Gasteiger partial charge in [-0.25, -0.2) is 54.5 Å². The molecule has 12 rings (SSSR count). The minimum absolute atomic E-state index is 0.0161. The second kappa shape index (κ2) is 58.8. The van der Waals surface area contributed by atoms with Gasteiger partial charge in [0.2, 0.25) is 41.4 Å². The number of carbonyl (C=O) groups is 12. The number of ketones is 2. The molecule has 0 bridgehead atoms. The van der Waals surface area contributed by atoms with E-state index in [1.165, 1.54) is 6.92 Å². The Bertz CT molecular complexity index is 4300. The number of piperazine rings is 5. The third-order valence-corrected chi connectivity index (χ3v) is 27.8. The first kappa shape index (κ1) is 123. The zero-order valence-corrected chi connectivity index (χ0v) is 93.0. The summed E-state index contributed by atoms with van der Waals surface area (Å²) < 4.78 is 16.2. The highest BCUT2D eigenvalue weighted by molar-refractivity contribution is 6.30. The van der Waals surface area contributed by atoms with E-state index in [1.807, 2.05) is 145 Å². The first-order valence-electron chi connectivity index (χ1n) is 52.9. The molecule has 10 fully saturated rings. The second-order valence-electron chi connectivity index (χ2n) is 45.0. The quantitative estimate of drug-likeness (QED) is 0.0594. The van der Waals surface area contributed by atoms with Crippen LogP contribution >= 0.6 is 23.2 Å². The van der Waals surface area contributed by atoms with Crippen LogP contribution in [0.2, 0.25) is 10.0 Å². The van der Waals surface area contributed by atoms with Crippen molar-refractivity contribution in [2.24, 2.45) is 41.0 Å². The van der Waals surface area contributed by atoms with E-state index < -0.39 is 34.3 Å². The average Bonchev–Trinajstić information content (AvgIpc) is 0.823. The Morgan fingerprint density at radius 2 is 0.639 bits per heavy atom. The van der Waals surface area contributed by atoms with Crippen molar-refractivity contribution < 1.29 is 71.7 Å². The maximum absolute atomic E-state index is 13.7. The third kappa shape index (κ3) is 43.6. The number of carbonyl (C=O) groups excluding carboxylic acids is 12. The topological polar surface area (TPSA) is 381 Å². The molecule has 816 valence electrons. The zero-order valence-electron chi connectivity index (χ0n) is 91.5. The number of Topliss-reactive ketones (excluding diaryl/α,β-unsaturated/α-hetero) is 2. The number of benzene rings is 2. The van der Waals surface area contributed by atoms with Crippen LogP contribution in [0.15, 0.2) is 48.5 Å². The molecule has 37 nitrogen and oxygen atoms in total. The lowest BCUT2D eigenvalue weighted by atomic mass is 9.87. The van der Waals surface area contributed by atoms with Crippen LogP contribution in [0.3, 0.4) is 0 Å². The van der Waals surface area contributed by atoms with Crippen molar-refractivity contribution in [2.45, 2.75) is 288 Å². The van der Waals surface area contributed by atoms with Gasteiger partial charge in [0, 0.05) is 310 Å². The smallest absolute Gasteiger partial charge is 0.410 e. The zero-order chi connectivity index (χ0) is 107. The van der Waals surface area contributed by atoms with Crippen LogP contribution in [-0.2, 0) is 70.2 Å². The van der Waals surface area contributed by atoms with Gasteiger partial charge in [-0.3, -0.25) is 54.4 Å². The van der Waals surface area contributed by atoms with E-state index in [0.717, 1.165) is 187 Å². The van der Waals surface area contributed by atoms with E-state index in [4.69, 9.17) is 54.7 Å². The van der Waals surface area contributed by atoms with Crippen molar-refractivity contribution in [3.8, 4) is 0 Å². The Balaban J connectivity index is 0.000000244. The third-order valence-electron chi connectivity index (χ3n) is 27.3. The van der Waals surface area contributed by atoms with Crippen molar-refractivity contribution in [3.05, 3.63) is 69.7 Å². The van der Waals surface area contributed by atoms with Gasteiger partial charge in [-0.05, 0) is 194 Å². The van der Waals surface area contributed by atoms with Crippen molar-refractivity contribution in [1.29, 1.82) is 0 Å². The van der Waals surface area contributed by atoms with Crippen LogP contribution in [0.25, 0.3) is 0 Å². The van der Waals surface area contributed by atoms with Crippen LogP contribution in [-0.4, -0.2) is 429 Å². The first-order valence-corrected chi connectivity index (χ1v) is 53.7. The molecule has 0 unspecified atom stereocenters. The summed E-state index contributed by atoms with van der Waals surface area (Å²) in [5.41, 5.74) is 15.6. The molecule has 2 aromatic rings. The molecule has 144 heavy (non-hydrogen) atoms. The summed E-state index contributed by atoms with van der Waals surface area (Å²) in [5, 5.41) is 20.0. The summed E-state index contributed by atoms with van der Waals surface area (Å²) in [5.74, 6) is 7.68. The fourth-order valence-corrected chi connectivity index (χ4v) is 19.4. The highest BCUT2D eigenvalue weighted by atomic mass is 35.5. The summed E-state index contributed by atoms with van der Waals surface area (Å²) >= 11 is 12.0. The SMILES string of the molecule is CC(=O)N1CCC(=O)CC1.CC(=O)N1CCC(N(CC(C)C)N2CCN(C(=O)OC(C)(C)C)CC2)CC1.CC(=O)N1CCC(N(CC(C)C)N2CCN(C(=O)[C@H](CC(=O)C(C)(C)N)Cc3ccc(Cl)cc3)CC2)CC1.CC(=O)N1CCC(N(CC(C)C)N2CCN(C(=O)[C@H](N)Cc3ccc(Cl)cc3)CC2)CC1.CC(=O)N1CCC(NN2CCN(C(=O)OC(C)(C)C)CC2)CC1.CC(C)(C)OC(=O)N1CCN(N)CC1. The molecule has 2 aromatic carbocycles. The summed E-state index contributed by atoms with van der Waals surface area (Å²) in [6.45, 7) is 67.1. The van der Waals surface area contributed by atoms with Crippen LogP contribution < -0.4 is 22.7 Å². The fourth-order valence-electron chi connectivity index (χ4n) is 19.2. The number of nitrogens with zero attached hydrogens (tertiary/aromatic N) is 18. The normalized spacial score (nSPS) is 19.8. The lowest BCUT2D eigenvalue weighted by molar-refractivity contribution is -0.148. The minimum Gasteiger partial charge on any atom is -0.444 e. The standard InChI is InChI=1S/C29H46ClN5O3.C24H38ClN5O2.C20H38N4O3.C16H30N4O3.C9H19N3O2.C7H11NO2/c1-21(2)20-35(26-10-12-32(13-11-26)22(3)36)34-16-14-33(15-17-34)28(38)24(19-27(37)29(4,5)31)18-23-6-8-25(30)9-7-23;1-18(2)17-30(22-8-10-27(11-9-22)19(3)31)29-14-12-28(13-15-29)24(32)23(26)16-20-4-6-21(25)7-5-20;1-16(2)15-24(18-7-9-21(10-8-18)17(3)25)23-13-11-22(12-14-23)19(26)27-20(4,5)6;1-13(21)18-7-5-14(6-8-18)17-20-11-9-19(10-12-20)15(22)23-16(2,3)4;1-9(2,3)14-8(13)11-4-6-12(10)7-5-11;1-6(9)8-4-2-7(10)3-5-8/h6-9,21,24,26H,10-20,31H2,1-5H3;4-7,18,22-23H,8-17,26H2,1-3H3;16,18H,7-15H2,1-6H3;14,17H,5-12H2,1-4H3;4-7,10H2,1-3H3;2-5H2,1H3/t24-;23-;;;;/m01..../s1. The van der Waals surface area contributed by atoms with Crippen LogP contribution in [0, 0.1) is 23.7 Å². The van der Waals surface area contributed by atoms with E-state index in [1.54, 1.807) is 61.3 Å². The number of hydrazine groups is 5. The van der Waals surface area contributed by atoms with E-state index in [2.05, 4.69) is 82.0 Å². The molecule has 0 aromatic heterocycles. The van der Waals surface area contributed by atoms with E-state index >= 15 is 0 Å². The molecular weight excluding hydrogens is 1880 g/mol. The molecule has 10 heterocycles. The molecule has 10 aliphatic rings. The number of likely N-dealkylation sites (tertiary alicyclic amines) is 5. The van der Waals surface area contributed by atoms with Crippen LogP contribution in [0.1, 0.15) is 234 Å². The summed E-state index contributed by atoms with van der Waals surface area (Å²) in [6, 6.07) is 16.2. The molecule has 39 heteroatoms. The first-order chi connectivity index (χ1) is 67.5. The number of piperidine rings is 5. The van der Waals surface area contributed by atoms with Crippen molar-refractivity contribution in [2.75, 3.05) is 216 Å². The van der Waals surface area contributed by atoms with Gasteiger partial charge in [0.1, 0.15) is 22.6 Å². The highest BCUT2D eigenvalue weighted by Crippen LogP contribution is 2.30. The molecule has 10 amide bonds. The van der Waals surface area contributed by atoms with Gasteiger partial charge in [0.05, 0.1) is 11.6 Å². The Labute approximate surface area is 870 Å². The number of nitrogens with one attached hydrogen (secondary N) is 1. The molecular formula is C105H182Cl2N22O15. The van der Waals surface area contributed by atoms with Gasteiger partial charge < -0.3 is 74.7 Å². The molecule has 10 aliphatic heterocycles. The van der Waals surface area contributed by atoms with Crippen molar-refractivity contribution >= 4 is 94.4 Å². The lowest BCUT2D eigenvalue weighted by Crippen LogP contribution is -2.61. The maximum atomic E-state index is 13.7. The van der Waals surface area contributed by atoms with Crippen LogP contribution in [0.5, 0.6) is 0 Å². The lowest BCUT2D eigenvalue weighted by Gasteiger charge is -2.47. The molecule has 0 aliphatic carbocycles. The summed E-state index contributed by atoms with van der Waals surface area (Å²) in [4.78, 5) is 162. The fraction of sp³-hybridized carbons (Fsp3) is 0.771. The Hall–Kier alpha value is -8.02. The number of halogens is 2. The van der Waals surface area contributed by atoms with Gasteiger partial charge in [0.25, 0.3) is 0 Å². The van der Waals surface area contributed by atoms with Gasteiger partial charge in [0.15, 0.2) is 5.78 Å². The maximum Gasteiger partial charge on any atom is 0.410 e. The molecule has 0 saturated carbocycles. The minimum atomic E-state index is -0.980. The van der Waals surface area contributed by atoms with Gasteiger partial charge >= 0.3 is 18.3 Å². The predicted molar refractivity (Wildman–Crippen MR) is 564 cm³/mol. The van der Waals surface area contributed by atoms with Gasteiger partial charge in [-0.15, -0.1) is 0 Å². The Kier molecular flexibility index (Phi) is 50.2. The van der Waals surface area contributed by atoms with Crippen LogP contribution in [0.4, 0.5) is 14.4 Å². The molecule has 7 N–H and O–H groups in total. The Morgan fingerprint density at radius 1 is 0.368 bits per heavy atom. The number of nitrogens with two attached hydrogens (primary N) is 3. The van der Waals surface area contributed by atoms with E-state index in [-0.39, 0.29) is 77.6 Å². The number of hydrogen-bond donors (Lipinski definition) is 4. The number of rotatable bonds is 23. The average molecular weight is 2060 g/mol. The number of amides is 10. The highest BCUT2D eigenvalue weighted by Gasteiger charge is 2.41. The summed E-state index contributed by atoms with van der Waals surface area (Å²) in [7, 11) is 0. The van der Waals surface area contributed by atoms with Crippen molar-refractivity contribution in [1.82, 2.24) is 94.5 Å². The largest absolute Gasteiger partial charge is 0.444 e. The predicted octanol–water partition coefficient (Wildman–Crippen LogP) is 9.55. The van der Waals surface area contributed by atoms with Crippen molar-refractivity contribution in [3.63, 3.8) is 0 Å². The molecule has 0 radical (unpaired) electrons. The van der Waals surface area contributed by atoms with E-state index in [0.29, 0.717) is 169 Å². The number of ether oxygens (including phenoxy) is 3. The number of hydrogen-bond acceptors (Lipinski definition) is 27. The van der Waals surface area contributed by atoms with E-state index in [9.17, 15) is 57.5 Å². The molecule has 0 spiro atoms. The Morgan fingerprint density at radius 3 is 0.931 bits per heavy atom. The second-order valence-corrected chi connectivity index (χ2v) is 45.8. The van der Waals surface area contributed by atoms with Gasteiger partial charge in [-0.1, -0.05) is 89.0 Å². The summed E-state index contributed by atoms with van der Waals surface area (Å²) in [6.07, 6.45) is 9.42. The molecule has 2 atom stereocenters. The molecule has 10 saturated heterocycles.